The number of aliphatic carboxylic acids is 1. The van der Waals surface area contributed by atoms with Gasteiger partial charge in [-0.15, -0.1) is 12.4 Å². The lowest BCUT2D eigenvalue weighted by Gasteiger charge is -2.38. The predicted molar refractivity (Wildman–Crippen MR) is 88.8 cm³/mol. The lowest BCUT2D eigenvalue weighted by Crippen LogP contribution is -2.49. The maximum absolute atomic E-state index is 11.8. The zero-order valence-electron chi connectivity index (χ0n) is 13.3. The minimum Gasteiger partial charge on any atom is -0.480 e. The molecule has 0 bridgehead atoms. The Morgan fingerprint density at radius 1 is 1.39 bits per heavy atom. The Morgan fingerprint density at radius 2 is 2.09 bits per heavy atom. The average molecular weight is 343 g/mol. The normalized spacial score (nSPS) is 21.3. The number of halogens is 1. The van der Waals surface area contributed by atoms with Gasteiger partial charge in [0.2, 0.25) is 5.91 Å². The highest BCUT2D eigenvalue weighted by Crippen LogP contribution is 2.26. The van der Waals surface area contributed by atoms with Crippen LogP contribution in [0.1, 0.15) is 24.2 Å². The Morgan fingerprint density at radius 3 is 2.74 bits per heavy atom. The lowest BCUT2D eigenvalue weighted by atomic mass is 10.0. The SMILES string of the molecule is Cc1ccccc1C1CN(CC(=O)NCC(=O)O)C(C)CO1.Cl. The van der Waals surface area contributed by atoms with E-state index in [1.54, 1.807) is 0 Å². The van der Waals surface area contributed by atoms with Gasteiger partial charge in [0.15, 0.2) is 0 Å². The first-order valence-electron chi connectivity index (χ1n) is 7.37. The summed E-state index contributed by atoms with van der Waals surface area (Å²) in [5.41, 5.74) is 2.29. The number of morpholine rings is 1. The third-order valence-corrected chi connectivity index (χ3v) is 3.88. The largest absolute Gasteiger partial charge is 0.480 e. The average Bonchev–Trinajstić information content (AvgIpc) is 2.48. The summed E-state index contributed by atoms with van der Waals surface area (Å²) in [4.78, 5) is 24.3. The van der Waals surface area contributed by atoms with Gasteiger partial charge in [0.1, 0.15) is 6.54 Å². The van der Waals surface area contributed by atoms with Gasteiger partial charge in [-0.05, 0) is 25.0 Å². The molecule has 1 saturated heterocycles. The van der Waals surface area contributed by atoms with E-state index in [0.29, 0.717) is 13.2 Å². The number of carboxylic acids is 1. The number of carbonyl (C=O) groups excluding carboxylic acids is 1. The summed E-state index contributed by atoms with van der Waals surface area (Å²) >= 11 is 0. The monoisotopic (exact) mass is 342 g/mol. The molecule has 1 heterocycles. The van der Waals surface area contributed by atoms with Crippen LogP contribution in [0.5, 0.6) is 0 Å². The fourth-order valence-electron chi connectivity index (χ4n) is 2.58. The van der Waals surface area contributed by atoms with E-state index in [2.05, 4.69) is 5.32 Å². The molecule has 1 aliphatic rings. The Bertz CT molecular complexity index is 553. The van der Waals surface area contributed by atoms with Gasteiger partial charge in [-0.25, -0.2) is 0 Å². The molecule has 23 heavy (non-hydrogen) atoms. The number of ether oxygens (including phenoxy) is 1. The Labute approximate surface area is 142 Å². The van der Waals surface area contributed by atoms with Gasteiger partial charge < -0.3 is 15.2 Å². The van der Waals surface area contributed by atoms with Crippen molar-refractivity contribution in [2.75, 3.05) is 26.2 Å². The van der Waals surface area contributed by atoms with Crippen molar-refractivity contribution in [1.29, 1.82) is 0 Å². The van der Waals surface area contributed by atoms with E-state index in [4.69, 9.17) is 9.84 Å². The van der Waals surface area contributed by atoms with E-state index in [1.807, 2.05) is 43.0 Å². The second kappa shape index (κ2) is 8.86. The van der Waals surface area contributed by atoms with Crippen LogP contribution in [0.25, 0.3) is 0 Å². The van der Waals surface area contributed by atoms with Gasteiger partial charge in [0.05, 0.1) is 19.3 Å². The van der Waals surface area contributed by atoms with E-state index >= 15 is 0 Å². The summed E-state index contributed by atoms with van der Waals surface area (Å²) in [6.45, 7) is 5.04. The minimum atomic E-state index is -1.04. The number of nitrogens with one attached hydrogen (secondary N) is 1. The Hall–Kier alpha value is -1.63. The fraction of sp³-hybridized carbons (Fsp3) is 0.500. The van der Waals surface area contributed by atoms with Crippen LogP contribution < -0.4 is 5.32 Å². The number of aryl methyl sites for hydroxylation is 1. The van der Waals surface area contributed by atoms with Crippen molar-refractivity contribution in [3.63, 3.8) is 0 Å². The van der Waals surface area contributed by atoms with E-state index in [9.17, 15) is 9.59 Å². The number of carbonyl (C=O) groups is 2. The van der Waals surface area contributed by atoms with Crippen molar-refractivity contribution in [2.45, 2.75) is 26.0 Å². The minimum absolute atomic E-state index is 0. The van der Waals surface area contributed by atoms with E-state index in [-0.39, 0.29) is 43.5 Å². The molecule has 0 saturated carbocycles. The summed E-state index contributed by atoms with van der Waals surface area (Å²) in [6.07, 6.45) is -0.0651. The van der Waals surface area contributed by atoms with Gasteiger partial charge in [0.25, 0.3) is 0 Å². The predicted octanol–water partition coefficient (Wildman–Crippen LogP) is 1.38. The van der Waals surface area contributed by atoms with Gasteiger partial charge >= 0.3 is 5.97 Å². The molecular weight excluding hydrogens is 320 g/mol. The molecule has 1 amide bonds. The molecule has 2 atom stereocenters. The molecule has 128 valence electrons. The lowest BCUT2D eigenvalue weighted by molar-refractivity contribution is -0.138. The molecule has 0 aliphatic carbocycles. The molecule has 6 nitrogen and oxygen atoms in total. The van der Waals surface area contributed by atoms with E-state index < -0.39 is 5.97 Å². The maximum atomic E-state index is 11.8. The van der Waals surface area contributed by atoms with Crippen molar-refractivity contribution in [2.24, 2.45) is 0 Å². The van der Waals surface area contributed by atoms with Gasteiger partial charge in [0, 0.05) is 12.6 Å². The molecule has 0 radical (unpaired) electrons. The summed E-state index contributed by atoms with van der Waals surface area (Å²) in [7, 11) is 0. The van der Waals surface area contributed by atoms with Crippen molar-refractivity contribution in [1.82, 2.24) is 10.2 Å². The molecule has 2 unspecified atom stereocenters. The molecule has 1 fully saturated rings. The highest BCUT2D eigenvalue weighted by molar-refractivity contribution is 5.85. The zero-order chi connectivity index (χ0) is 16.1. The maximum Gasteiger partial charge on any atom is 0.322 e. The number of nitrogens with zero attached hydrogens (tertiary/aromatic N) is 1. The number of carboxylic acid groups (broad SMARTS) is 1. The molecular formula is C16H23ClN2O4. The number of amides is 1. The second-order valence-electron chi connectivity index (χ2n) is 5.63. The summed E-state index contributed by atoms with van der Waals surface area (Å²) in [5, 5.41) is 11.0. The molecule has 0 spiro atoms. The van der Waals surface area contributed by atoms with Crippen LogP contribution in [0, 0.1) is 6.92 Å². The highest BCUT2D eigenvalue weighted by atomic mass is 35.5. The van der Waals surface area contributed by atoms with Gasteiger partial charge in [-0.3, -0.25) is 14.5 Å². The summed E-state index contributed by atoms with van der Waals surface area (Å²) in [6, 6.07) is 8.17. The van der Waals surface area contributed by atoms with Crippen LogP contribution in [-0.4, -0.2) is 54.2 Å². The molecule has 1 aromatic carbocycles. The van der Waals surface area contributed by atoms with Crippen molar-refractivity contribution in [3.8, 4) is 0 Å². The van der Waals surface area contributed by atoms with Crippen LogP contribution in [0.15, 0.2) is 24.3 Å². The molecule has 2 N–H and O–H groups in total. The van der Waals surface area contributed by atoms with Crippen LogP contribution in [0.3, 0.4) is 0 Å². The highest BCUT2D eigenvalue weighted by Gasteiger charge is 2.29. The number of rotatable bonds is 5. The standard InChI is InChI=1S/C16H22N2O4.ClH/c1-11-5-3-4-6-13(11)14-8-18(12(2)10-22-14)9-15(19)17-7-16(20)21;/h3-6,12,14H,7-10H2,1-2H3,(H,17,19)(H,20,21);1H. The van der Waals surface area contributed by atoms with Crippen LogP contribution in [0.4, 0.5) is 0 Å². The third kappa shape index (κ3) is 5.49. The molecule has 1 aromatic rings. The van der Waals surface area contributed by atoms with Gasteiger partial charge in [-0.1, -0.05) is 24.3 Å². The number of hydrogen-bond donors (Lipinski definition) is 2. The fourth-order valence-corrected chi connectivity index (χ4v) is 2.58. The quantitative estimate of drug-likeness (QED) is 0.845. The first kappa shape index (κ1) is 19.4. The smallest absolute Gasteiger partial charge is 0.322 e. The van der Waals surface area contributed by atoms with Crippen LogP contribution in [0.2, 0.25) is 0 Å². The Kier molecular flexibility index (Phi) is 7.48. The topological polar surface area (TPSA) is 78.9 Å². The molecule has 2 rings (SSSR count). The van der Waals surface area contributed by atoms with Crippen molar-refractivity contribution < 1.29 is 19.4 Å². The van der Waals surface area contributed by atoms with Crippen LogP contribution in [-0.2, 0) is 14.3 Å². The molecule has 1 aliphatic heterocycles. The van der Waals surface area contributed by atoms with Crippen molar-refractivity contribution in [3.05, 3.63) is 35.4 Å². The summed E-state index contributed by atoms with van der Waals surface area (Å²) < 4.78 is 5.90. The summed E-state index contributed by atoms with van der Waals surface area (Å²) in [5.74, 6) is -1.32. The first-order chi connectivity index (χ1) is 10.5. The first-order valence-corrected chi connectivity index (χ1v) is 7.37. The van der Waals surface area contributed by atoms with Crippen LogP contribution >= 0.6 is 12.4 Å². The second-order valence-corrected chi connectivity index (χ2v) is 5.63. The van der Waals surface area contributed by atoms with E-state index in [0.717, 1.165) is 11.1 Å². The number of benzene rings is 1. The number of hydrogen-bond acceptors (Lipinski definition) is 4. The van der Waals surface area contributed by atoms with Crippen molar-refractivity contribution >= 4 is 24.3 Å². The zero-order valence-corrected chi connectivity index (χ0v) is 14.1. The molecule has 0 aromatic heterocycles. The third-order valence-electron chi connectivity index (χ3n) is 3.88. The molecule has 7 heteroatoms. The van der Waals surface area contributed by atoms with Gasteiger partial charge in [-0.2, -0.15) is 0 Å². The Balaban J connectivity index is 0.00000264. The van der Waals surface area contributed by atoms with E-state index in [1.165, 1.54) is 0 Å².